The van der Waals surface area contributed by atoms with Crippen molar-refractivity contribution in [2.24, 2.45) is 0 Å². The van der Waals surface area contributed by atoms with Crippen molar-refractivity contribution in [1.82, 2.24) is 0 Å². The van der Waals surface area contributed by atoms with E-state index in [1.807, 2.05) is 6.07 Å². The highest BCUT2D eigenvalue weighted by Gasteiger charge is 2.17. The lowest BCUT2D eigenvalue weighted by atomic mass is 10.0. The summed E-state index contributed by atoms with van der Waals surface area (Å²) in [4.78, 5) is 24.8. The number of nitrogens with zero attached hydrogens (tertiary/aromatic N) is 1. The van der Waals surface area contributed by atoms with E-state index in [9.17, 15) is 9.59 Å². The van der Waals surface area contributed by atoms with Crippen LogP contribution < -0.4 is 21.1 Å². The lowest BCUT2D eigenvalue weighted by molar-refractivity contribution is -0.111. The Morgan fingerprint density at radius 1 is 1.03 bits per heavy atom. The van der Waals surface area contributed by atoms with E-state index in [4.69, 9.17) is 25.6 Å². The third-order valence-corrected chi connectivity index (χ3v) is 5.45. The van der Waals surface area contributed by atoms with Crippen LogP contribution in [0.4, 0.5) is 21.9 Å². The van der Waals surface area contributed by atoms with E-state index in [0.717, 1.165) is 5.56 Å². The van der Waals surface area contributed by atoms with Gasteiger partial charge in [0, 0.05) is 5.69 Å². The molecular weight excluding hydrogens is 484 g/mol. The molecule has 196 valence electrons. The van der Waals surface area contributed by atoms with Crippen LogP contribution >= 0.6 is 0 Å². The molecule has 0 radical (unpaired) electrons. The van der Waals surface area contributed by atoms with Gasteiger partial charge in [-0.05, 0) is 79.4 Å². The van der Waals surface area contributed by atoms with Gasteiger partial charge in [-0.2, -0.15) is 5.26 Å². The number of amides is 2. The minimum absolute atomic E-state index is 0.0900. The first kappa shape index (κ1) is 27.8. The van der Waals surface area contributed by atoms with Gasteiger partial charge < -0.3 is 25.6 Å². The number of benzene rings is 3. The van der Waals surface area contributed by atoms with Crippen molar-refractivity contribution in [3.05, 3.63) is 96.1 Å². The predicted octanol–water partition coefficient (Wildman–Crippen LogP) is 5.17. The first-order valence-corrected chi connectivity index (χ1v) is 12.1. The Balaban J connectivity index is 1.58. The van der Waals surface area contributed by atoms with Crippen LogP contribution in [0.5, 0.6) is 5.75 Å². The van der Waals surface area contributed by atoms with E-state index in [2.05, 4.69) is 10.6 Å². The Hall–Kier alpha value is -4.81. The zero-order valence-electron chi connectivity index (χ0n) is 20.8. The van der Waals surface area contributed by atoms with Gasteiger partial charge in [0.15, 0.2) is 0 Å². The SMILES string of the molecule is N#Cc1ccc(NC(=O)O[C@@H](CCC/C=C/C(=O)Nc2ccccc2N)c2ccc(OCCO)cc2)cc1. The summed E-state index contributed by atoms with van der Waals surface area (Å²) in [7, 11) is 0. The van der Waals surface area contributed by atoms with Crippen molar-refractivity contribution in [3.8, 4) is 11.8 Å². The second kappa shape index (κ2) is 14.7. The molecular formula is C29H30N4O5. The molecule has 2 amide bonds. The number of nitrogens with two attached hydrogens (primary N) is 1. The Morgan fingerprint density at radius 3 is 2.45 bits per heavy atom. The standard InChI is InChI=1S/C29H30N4O5/c30-20-21-10-14-23(15-11-21)32-29(36)38-27(22-12-16-24(17-13-22)37-19-18-34)8-2-1-3-9-28(35)33-26-7-5-4-6-25(26)31/h3-7,9-17,27,34H,1-2,8,18-19,31H2,(H,32,36)(H,33,35)/b9-3+/t27-/m0/s1. The van der Waals surface area contributed by atoms with Crippen LogP contribution in [0.25, 0.3) is 0 Å². The molecule has 5 N–H and O–H groups in total. The third kappa shape index (κ3) is 9.00. The Morgan fingerprint density at radius 2 is 1.76 bits per heavy atom. The number of nitrogens with one attached hydrogen (secondary N) is 2. The fraction of sp³-hybridized carbons (Fsp3) is 0.207. The number of para-hydroxylation sites is 2. The molecule has 0 saturated carbocycles. The fourth-order valence-corrected chi connectivity index (χ4v) is 3.54. The molecule has 3 rings (SSSR count). The quantitative estimate of drug-likeness (QED) is 0.148. The summed E-state index contributed by atoms with van der Waals surface area (Å²) < 4.78 is 11.1. The number of nitrogen functional groups attached to an aromatic ring is 1. The number of nitriles is 1. The summed E-state index contributed by atoms with van der Waals surface area (Å²) in [6, 6.07) is 22.6. The van der Waals surface area contributed by atoms with Gasteiger partial charge in [-0.3, -0.25) is 10.1 Å². The highest BCUT2D eigenvalue weighted by atomic mass is 16.6. The summed E-state index contributed by atoms with van der Waals surface area (Å²) in [6.07, 6.45) is 3.78. The van der Waals surface area contributed by atoms with Crippen molar-refractivity contribution >= 4 is 29.1 Å². The van der Waals surface area contributed by atoms with Crippen molar-refractivity contribution in [2.45, 2.75) is 25.4 Å². The van der Waals surface area contributed by atoms with Crippen LogP contribution in [0.3, 0.4) is 0 Å². The van der Waals surface area contributed by atoms with Gasteiger partial charge in [-0.25, -0.2) is 4.79 Å². The normalized spacial score (nSPS) is 11.4. The molecule has 1 atom stereocenters. The maximum absolute atomic E-state index is 12.6. The largest absolute Gasteiger partial charge is 0.491 e. The highest BCUT2D eigenvalue weighted by Crippen LogP contribution is 2.27. The van der Waals surface area contributed by atoms with Gasteiger partial charge in [-0.1, -0.05) is 30.3 Å². The van der Waals surface area contributed by atoms with E-state index in [-0.39, 0.29) is 19.1 Å². The summed E-state index contributed by atoms with van der Waals surface area (Å²) >= 11 is 0. The number of unbranched alkanes of at least 4 members (excludes halogenated alkanes) is 1. The monoisotopic (exact) mass is 514 g/mol. The Labute approximate surface area is 221 Å². The van der Waals surface area contributed by atoms with Gasteiger partial charge in [0.2, 0.25) is 5.91 Å². The molecule has 0 aromatic heterocycles. The zero-order valence-corrected chi connectivity index (χ0v) is 20.8. The van der Waals surface area contributed by atoms with Crippen LogP contribution in [0.15, 0.2) is 84.9 Å². The summed E-state index contributed by atoms with van der Waals surface area (Å²) in [5, 5.41) is 23.3. The smallest absolute Gasteiger partial charge is 0.412 e. The maximum Gasteiger partial charge on any atom is 0.412 e. The lowest BCUT2D eigenvalue weighted by Crippen LogP contribution is -2.17. The zero-order chi connectivity index (χ0) is 27.2. The number of anilines is 3. The molecule has 3 aromatic rings. The summed E-state index contributed by atoms with van der Waals surface area (Å²) in [5.74, 6) is 0.313. The van der Waals surface area contributed by atoms with E-state index < -0.39 is 12.2 Å². The van der Waals surface area contributed by atoms with E-state index in [1.165, 1.54) is 6.08 Å². The number of allylic oxidation sites excluding steroid dienone is 1. The number of aliphatic hydroxyl groups excluding tert-OH is 1. The van der Waals surface area contributed by atoms with Crippen molar-refractivity contribution in [3.63, 3.8) is 0 Å². The first-order chi connectivity index (χ1) is 18.5. The molecule has 0 bridgehead atoms. The number of ether oxygens (including phenoxy) is 2. The molecule has 0 spiro atoms. The number of hydrogen-bond donors (Lipinski definition) is 4. The summed E-state index contributed by atoms with van der Waals surface area (Å²) in [5.41, 5.74) is 8.66. The molecule has 0 aliphatic carbocycles. The number of carbonyl (C=O) groups is 2. The van der Waals surface area contributed by atoms with Crippen LogP contribution in [-0.2, 0) is 9.53 Å². The fourth-order valence-electron chi connectivity index (χ4n) is 3.54. The van der Waals surface area contributed by atoms with Crippen LogP contribution in [0, 0.1) is 11.3 Å². The van der Waals surface area contributed by atoms with Gasteiger partial charge >= 0.3 is 6.09 Å². The minimum Gasteiger partial charge on any atom is -0.491 e. The molecule has 0 unspecified atom stereocenters. The molecule has 0 heterocycles. The molecule has 0 aliphatic rings. The number of hydrogen-bond acceptors (Lipinski definition) is 7. The second-order valence-corrected chi connectivity index (χ2v) is 8.26. The number of aliphatic hydroxyl groups is 1. The van der Waals surface area contributed by atoms with Crippen LogP contribution in [0.2, 0.25) is 0 Å². The minimum atomic E-state index is -0.629. The first-order valence-electron chi connectivity index (χ1n) is 12.1. The maximum atomic E-state index is 12.6. The molecule has 0 saturated heterocycles. The van der Waals surface area contributed by atoms with Crippen LogP contribution in [-0.4, -0.2) is 30.3 Å². The van der Waals surface area contributed by atoms with Gasteiger partial charge in [0.05, 0.1) is 29.6 Å². The molecule has 9 heteroatoms. The van der Waals surface area contributed by atoms with E-state index in [1.54, 1.807) is 78.9 Å². The topological polar surface area (TPSA) is 147 Å². The molecule has 9 nitrogen and oxygen atoms in total. The average molecular weight is 515 g/mol. The van der Waals surface area contributed by atoms with E-state index >= 15 is 0 Å². The molecule has 0 fully saturated rings. The van der Waals surface area contributed by atoms with Crippen molar-refractivity contribution < 1.29 is 24.2 Å². The van der Waals surface area contributed by atoms with Crippen LogP contribution in [0.1, 0.15) is 36.5 Å². The van der Waals surface area contributed by atoms with Crippen molar-refractivity contribution in [1.29, 1.82) is 5.26 Å². The molecule has 3 aromatic carbocycles. The van der Waals surface area contributed by atoms with E-state index in [0.29, 0.717) is 47.6 Å². The average Bonchev–Trinajstić information content (AvgIpc) is 2.93. The van der Waals surface area contributed by atoms with Gasteiger partial charge in [0.25, 0.3) is 0 Å². The lowest BCUT2D eigenvalue weighted by Gasteiger charge is -2.19. The van der Waals surface area contributed by atoms with Gasteiger partial charge in [-0.15, -0.1) is 0 Å². The number of carbonyl (C=O) groups excluding carboxylic acids is 2. The number of rotatable bonds is 12. The molecule has 0 aliphatic heterocycles. The summed E-state index contributed by atoms with van der Waals surface area (Å²) in [6.45, 7) is 0.0936. The van der Waals surface area contributed by atoms with Crippen molar-refractivity contribution in [2.75, 3.05) is 29.6 Å². The highest BCUT2D eigenvalue weighted by molar-refractivity contribution is 6.01. The third-order valence-electron chi connectivity index (χ3n) is 5.45. The van der Waals surface area contributed by atoms with Gasteiger partial charge in [0.1, 0.15) is 18.5 Å². The Kier molecular flexibility index (Phi) is 10.7. The predicted molar refractivity (Wildman–Crippen MR) is 145 cm³/mol. The Bertz CT molecular complexity index is 1270. The second-order valence-electron chi connectivity index (χ2n) is 8.26. The molecule has 38 heavy (non-hydrogen) atoms.